The Balaban J connectivity index is 0.00000118. The molecule has 1 aromatic carbocycles. The molecular weight excluding hydrogens is 356 g/mol. The van der Waals surface area contributed by atoms with Gasteiger partial charge in [0.1, 0.15) is 5.69 Å². The van der Waals surface area contributed by atoms with Crippen molar-refractivity contribution in [2.75, 3.05) is 5.75 Å². The summed E-state index contributed by atoms with van der Waals surface area (Å²) < 4.78 is 0. The third kappa shape index (κ3) is 5.42. The van der Waals surface area contributed by atoms with Crippen molar-refractivity contribution < 1.29 is 9.59 Å². The number of nitrogens with zero attached hydrogens (tertiary/aromatic N) is 1. The van der Waals surface area contributed by atoms with E-state index in [4.69, 9.17) is 0 Å². The van der Waals surface area contributed by atoms with Crippen molar-refractivity contribution in [3.63, 3.8) is 0 Å². The van der Waals surface area contributed by atoms with Gasteiger partial charge in [0.25, 0.3) is 5.91 Å². The topological polar surface area (TPSA) is 59.1 Å². The molecule has 1 N–H and O–H groups in total. The number of nitrogens with one attached hydrogen (secondary N) is 1. The summed E-state index contributed by atoms with van der Waals surface area (Å²) in [7, 11) is 0. The van der Waals surface area contributed by atoms with E-state index in [0.29, 0.717) is 16.8 Å². The van der Waals surface area contributed by atoms with Crippen molar-refractivity contribution >= 4 is 39.3 Å². The van der Waals surface area contributed by atoms with Gasteiger partial charge in [-0.15, -0.1) is 11.8 Å². The van der Waals surface area contributed by atoms with Crippen LogP contribution in [0.3, 0.4) is 0 Å². The van der Waals surface area contributed by atoms with E-state index in [1.165, 1.54) is 11.8 Å². The summed E-state index contributed by atoms with van der Waals surface area (Å²) in [5, 5.41) is 3.69. The highest BCUT2D eigenvalue weighted by Gasteiger charge is 2.17. The Morgan fingerprint density at radius 3 is 2.44 bits per heavy atom. The Hall–Kier alpha value is -2.14. The van der Waals surface area contributed by atoms with Crippen LogP contribution >= 0.6 is 11.8 Å². The van der Waals surface area contributed by atoms with E-state index in [2.05, 4.69) is 16.4 Å². The summed E-state index contributed by atoms with van der Waals surface area (Å²) in [6, 6.07) is 7.53. The lowest BCUT2D eigenvalue weighted by Gasteiger charge is -2.13. The van der Waals surface area contributed by atoms with Crippen molar-refractivity contribution in [2.24, 2.45) is 0 Å². The van der Waals surface area contributed by atoms with E-state index in [0.717, 1.165) is 23.1 Å². The largest absolute Gasteiger partial charge is 0.350 e. The van der Waals surface area contributed by atoms with Gasteiger partial charge in [-0.3, -0.25) is 9.59 Å². The molecule has 5 heteroatoms. The molecule has 0 aliphatic carbocycles. The Bertz CT molecular complexity index is 857. The number of aromatic nitrogens is 1. The van der Waals surface area contributed by atoms with Crippen LogP contribution in [0.1, 0.15) is 74.9 Å². The maximum Gasteiger partial charge on any atom is 0.252 e. The normalized spacial score (nSPS) is 12.7. The first-order chi connectivity index (χ1) is 12.5. The number of amides is 1. The lowest BCUT2D eigenvalue weighted by molar-refractivity contribution is 0.0944. The summed E-state index contributed by atoms with van der Waals surface area (Å²) in [4.78, 5) is 30.0. The first-order valence-corrected chi connectivity index (χ1v) is 10.0. The van der Waals surface area contributed by atoms with E-state index in [1.54, 1.807) is 6.07 Å². The zero-order chi connectivity index (χ0) is 19.3. The first-order valence-electron chi connectivity index (χ1n) is 9.05. The SMILES string of the molecule is C.CC.CC(=O)c1cc(C(=O)NC(C)C)c2cc(C3=CCCS3)ccc2n1. The van der Waals surface area contributed by atoms with Crippen LogP contribution in [0.25, 0.3) is 15.8 Å². The molecule has 0 bridgehead atoms. The highest BCUT2D eigenvalue weighted by Crippen LogP contribution is 2.35. The number of rotatable bonds is 4. The molecule has 3 rings (SSSR count). The van der Waals surface area contributed by atoms with E-state index >= 15 is 0 Å². The van der Waals surface area contributed by atoms with Crippen LogP contribution in [0, 0.1) is 0 Å². The maximum atomic E-state index is 12.6. The van der Waals surface area contributed by atoms with Crippen LogP contribution in [-0.2, 0) is 0 Å². The van der Waals surface area contributed by atoms with E-state index in [-0.39, 0.29) is 25.2 Å². The first kappa shape index (κ1) is 22.9. The molecule has 0 unspecified atom stereocenters. The van der Waals surface area contributed by atoms with Crippen molar-refractivity contribution in [1.29, 1.82) is 0 Å². The number of carbonyl (C=O) groups is 2. The molecule has 0 radical (unpaired) electrons. The van der Waals surface area contributed by atoms with Crippen LogP contribution < -0.4 is 5.32 Å². The molecule has 1 aromatic heterocycles. The van der Waals surface area contributed by atoms with Crippen LogP contribution in [0.15, 0.2) is 30.3 Å². The zero-order valence-electron chi connectivity index (χ0n) is 16.1. The second-order valence-corrected chi connectivity index (χ2v) is 7.31. The minimum Gasteiger partial charge on any atom is -0.350 e. The number of fused-ring (bicyclic) bond motifs is 1. The molecule has 0 fully saturated rings. The van der Waals surface area contributed by atoms with Crippen LogP contribution in [0.4, 0.5) is 0 Å². The molecule has 0 spiro atoms. The van der Waals surface area contributed by atoms with Crippen LogP contribution in [-0.4, -0.2) is 28.5 Å². The quantitative estimate of drug-likeness (QED) is 0.683. The number of ketones is 1. The fourth-order valence-electron chi connectivity index (χ4n) is 2.71. The van der Waals surface area contributed by atoms with Crippen LogP contribution in [0.2, 0.25) is 0 Å². The second-order valence-electron chi connectivity index (χ2n) is 6.18. The van der Waals surface area contributed by atoms with Crippen molar-refractivity contribution in [3.8, 4) is 0 Å². The third-order valence-corrected chi connectivity index (χ3v) is 4.98. The Kier molecular flexibility index (Phi) is 8.70. The minimum atomic E-state index is -0.176. The summed E-state index contributed by atoms with van der Waals surface area (Å²) in [6.45, 7) is 9.30. The number of benzene rings is 1. The Morgan fingerprint density at radius 1 is 1.19 bits per heavy atom. The van der Waals surface area contributed by atoms with Gasteiger partial charge in [0.2, 0.25) is 0 Å². The monoisotopic (exact) mass is 386 g/mol. The molecule has 1 aliphatic heterocycles. The highest BCUT2D eigenvalue weighted by atomic mass is 32.2. The Morgan fingerprint density at radius 2 is 1.89 bits per heavy atom. The molecule has 1 amide bonds. The maximum absolute atomic E-state index is 12.6. The van der Waals surface area contributed by atoms with Gasteiger partial charge >= 0.3 is 0 Å². The van der Waals surface area contributed by atoms with E-state index < -0.39 is 0 Å². The number of pyridine rings is 1. The fourth-order valence-corrected chi connectivity index (χ4v) is 3.69. The summed E-state index contributed by atoms with van der Waals surface area (Å²) >= 11 is 1.82. The zero-order valence-corrected chi connectivity index (χ0v) is 16.9. The van der Waals surface area contributed by atoms with Crippen molar-refractivity contribution in [2.45, 2.75) is 54.5 Å². The lowest BCUT2D eigenvalue weighted by Crippen LogP contribution is -2.30. The smallest absolute Gasteiger partial charge is 0.252 e. The number of allylic oxidation sites excluding steroid dienone is 1. The van der Waals surface area contributed by atoms with Gasteiger partial charge in [-0.2, -0.15) is 0 Å². The number of Topliss-reactive ketones (excluding diaryl/α,β-unsaturated/α-hetero) is 1. The van der Waals surface area contributed by atoms with Crippen molar-refractivity contribution in [3.05, 3.63) is 47.2 Å². The molecule has 2 aromatic rings. The molecule has 27 heavy (non-hydrogen) atoms. The average Bonchev–Trinajstić information content (AvgIpc) is 3.16. The lowest BCUT2D eigenvalue weighted by atomic mass is 10.0. The third-order valence-electron chi connectivity index (χ3n) is 3.82. The van der Waals surface area contributed by atoms with Gasteiger partial charge in [-0.1, -0.05) is 33.4 Å². The van der Waals surface area contributed by atoms with Gasteiger partial charge < -0.3 is 5.32 Å². The molecule has 146 valence electrons. The van der Waals surface area contributed by atoms with Gasteiger partial charge in [0.15, 0.2) is 5.78 Å². The number of hydrogen-bond acceptors (Lipinski definition) is 4. The Labute approximate surface area is 166 Å². The van der Waals surface area contributed by atoms with E-state index in [9.17, 15) is 9.59 Å². The molecule has 1 aliphatic rings. The van der Waals surface area contributed by atoms with Gasteiger partial charge in [0.05, 0.1) is 11.1 Å². The molecular formula is C22H30N2O2S. The predicted octanol–water partition coefficient (Wildman–Crippen LogP) is 5.72. The molecule has 0 saturated heterocycles. The second kappa shape index (κ2) is 10.3. The van der Waals surface area contributed by atoms with E-state index in [1.807, 2.05) is 57.7 Å². The van der Waals surface area contributed by atoms with Crippen LogP contribution in [0.5, 0.6) is 0 Å². The predicted molar refractivity (Wildman–Crippen MR) is 117 cm³/mol. The van der Waals surface area contributed by atoms with Crippen molar-refractivity contribution in [1.82, 2.24) is 10.3 Å². The minimum absolute atomic E-state index is 0. The molecule has 4 nitrogen and oxygen atoms in total. The summed E-state index contributed by atoms with van der Waals surface area (Å²) in [6.07, 6.45) is 3.29. The summed E-state index contributed by atoms with van der Waals surface area (Å²) in [5.41, 5.74) is 2.59. The molecule has 0 saturated carbocycles. The van der Waals surface area contributed by atoms with Gasteiger partial charge in [0, 0.05) is 29.0 Å². The fraction of sp³-hybridized carbons (Fsp3) is 0.409. The average molecular weight is 387 g/mol. The molecule has 2 heterocycles. The molecule has 0 atom stereocenters. The number of carbonyl (C=O) groups excluding carboxylic acids is 2. The van der Waals surface area contributed by atoms with Gasteiger partial charge in [-0.25, -0.2) is 4.98 Å². The summed E-state index contributed by atoms with van der Waals surface area (Å²) in [5.74, 6) is 0.772. The standard InChI is InChI=1S/C19H20N2O2S.C2H6.CH4/c1-11(2)20-19(23)15-10-17(12(3)22)21-16-7-6-13(9-14(15)16)18-5-4-8-24-18;1-2;/h5-7,9-11H,4,8H2,1-3H3,(H,20,23);1-2H3;1H4. The number of hydrogen-bond donors (Lipinski definition) is 1. The van der Waals surface area contributed by atoms with Gasteiger partial charge in [-0.05, 0) is 44.0 Å². The number of thioether (sulfide) groups is 1. The highest BCUT2D eigenvalue weighted by molar-refractivity contribution is 8.08.